The number of aliphatic carboxylic acids is 1. The van der Waals surface area contributed by atoms with E-state index in [9.17, 15) is 14.7 Å². The van der Waals surface area contributed by atoms with Crippen molar-refractivity contribution in [3.8, 4) is 0 Å². The van der Waals surface area contributed by atoms with E-state index in [2.05, 4.69) is 0 Å². The molecule has 4 nitrogen and oxygen atoms in total. The second kappa shape index (κ2) is 5.51. The summed E-state index contributed by atoms with van der Waals surface area (Å²) in [6.45, 7) is 6.45. The minimum Gasteiger partial charge on any atom is -0.481 e. The second-order valence-corrected chi connectivity index (χ2v) is 6.69. The summed E-state index contributed by atoms with van der Waals surface area (Å²) < 4.78 is 0. The molecule has 1 N–H and O–H groups in total. The molecule has 1 amide bonds. The lowest BCUT2D eigenvalue weighted by Gasteiger charge is -2.41. The van der Waals surface area contributed by atoms with Gasteiger partial charge in [0.25, 0.3) is 0 Å². The standard InChI is InChI=1S/C17H23NO3/c1-16(2,13-8-5-4-6-9-13)14(19)18-11-7-10-17(3,12-18)15(20)21/h4-6,8-9H,7,10-12H2,1-3H3,(H,20,21). The third-order valence-corrected chi connectivity index (χ3v) is 4.53. The van der Waals surface area contributed by atoms with Gasteiger partial charge in [-0.25, -0.2) is 0 Å². The van der Waals surface area contributed by atoms with Gasteiger partial charge in [-0.3, -0.25) is 9.59 Å². The maximum atomic E-state index is 12.9. The van der Waals surface area contributed by atoms with Gasteiger partial charge in [0, 0.05) is 13.1 Å². The van der Waals surface area contributed by atoms with Gasteiger partial charge in [-0.2, -0.15) is 0 Å². The Balaban J connectivity index is 2.22. The Labute approximate surface area is 125 Å². The molecule has 1 aliphatic heterocycles. The largest absolute Gasteiger partial charge is 0.481 e. The summed E-state index contributed by atoms with van der Waals surface area (Å²) in [7, 11) is 0. The summed E-state index contributed by atoms with van der Waals surface area (Å²) in [5, 5.41) is 9.38. The minimum absolute atomic E-state index is 0.000810. The Morgan fingerprint density at radius 2 is 1.86 bits per heavy atom. The lowest BCUT2D eigenvalue weighted by atomic mass is 9.79. The highest BCUT2D eigenvalue weighted by molar-refractivity contribution is 5.88. The molecule has 0 aliphatic carbocycles. The molecular formula is C17H23NO3. The van der Waals surface area contributed by atoms with Gasteiger partial charge in [-0.05, 0) is 39.2 Å². The molecule has 4 heteroatoms. The van der Waals surface area contributed by atoms with Crippen LogP contribution in [-0.2, 0) is 15.0 Å². The molecule has 1 atom stereocenters. The molecule has 0 spiro atoms. The Morgan fingerprint density at radius 1 is 1.24 bits per heavy atom. The van der Waals surface area contributed by atoms with Crippen LogP contribution in [0.4, 0.5) is 0 Å². The van der Waals surface area contributed by atoms with E-state index in [1.165, 1.54) is 0 Å². The highest BCUT2D eigenvalue weighted by atomic mass is 16.4. The zero-order valence-electron chi connectivity index (χ0n) is 12.9. The number of piperidine rings is 1. The van der Waals surface area contributed by atoms with Crippen molar-refractivity contribution in [3.63, 3.8) is 0 Å². The number of benzene rings is 1. The molecule has 1 heterocycles. The number of hydrogen-bond donors (Lipinski definition) is 1. The summed E-state index contributed by atoms with van der Waals surface area (Å²) in [4.78, 5) is 26.0. The molecule has 2 rings (SSSR count). The Morgan fingerprint density at radius 3 is 2.43 bits per heavy atom. The van der Waals surface area contributed by atoms with Crippen LogP contribution in [0.15, 0.2) is 30.3 Å². The van der Waals surface area contributed by atoms with E-state index in [4.69, 9.17) is 0 Å². The van der Waals surface area contributed by atoms with Crippen LogP contribution in [0.5, 0.6) is 0 Å². The number of hydrogen-bond acceptors (Lipinski definition) is 2. The summed E-state index contributed by atoms with van der Waals surface area (Å²) >= 11 is 0. The van der Waals surface area contributed by atoms with Crippen molar-refractivity contribution >= 4 is 11.9 Å². The smallest absolute Gasteiger partial charge is 0.311 e. The number of likely N-dealkylation sites (tertiary alicyclic amines) is 1. The van der Waals surface area contributed by atoms with Gasteiger partial charge in [-0.15, -0.1) is 0 Å². The van der Waals surface area contributed by atoms with Crippen LogP contribution in [-0.4, -0.2) is 35.0 Å². The van der Waals surface area contributed by atoms with E-state index in [0.29, 0.717) is 13.0 Å². The lowest BCUT2D eigenvalue weighted by Crippen LogP contribution is -2.52. The zero-order chi connectivity index (χ0) is 15.7. The Kier molecular flexibility index (Phi) is 4.08. The molecule has 1 aliphatic rings. The number of carboxylic acids is 1. The summed E-state index contributed by atoms with van der Waals surface area (Å²) in [6, 6.07) is 9.65. The number of carbonyl (C=O) groups is 2. The van der Waals surface area contributed by atoms with Gasteiger partial charge in [0.2, 0.25) is 5.91 Å². The SMILES string of the molecule is CC1(C(=O)O)CCCN(C(=O)C(C)(C)c2ccccc2)C1. The summed E-state index contributed by atoms with van der Waals surface area (Å²) in [6.07, 6.45) is 1.36. The molecule has 1 unspecified atom stereocenters. The van der Waals surface area contributed by atoms with Crippen LogP contribution in [0.1, 0.15) is 39.2 Å². The Hall–Kier alpha value is -1.84. The van der Waals surface area contributed by atoms with E-state index in [1.807, 2.05) is 44.2 Å². The maximum Gasteiger partial charge on any atom is 0.311 e. The van der Waals surface area contributed by atoms with Gasteiger partial charge in [-0.1, -0.05) is 30.3 Å². The van der Waals surface area contributed by atoms with E-state index < -0.39 is 16.8 Å². The van der Waals surface area contributed by atoms with Crippen LogP contribution in [0, 0.1) is 5.41 Å². The quantitative estimate of drug-likeness (QED) is 0.930. The molecule has 1 saturated heterocycles. The van der Waals surface area contributed by atoms with Gasteiger partial charge in [0.05, 0.1) is 10.8 Å². The number of amides is 1. The molecule has 1 aromatic rings. The predicted octanol–water partition coefficient (Wildman–Crippen LogP) is 2.68. The van der Waals surface area contributed by atoms with Crippen LogP contribution in [0.2, 0.25) is 0 Å². The second-order valence-electron chi connectivity index (χ2n) is 6.69. The fourth-order valence-electron chi connectivity index (χ4n) is 2.96. The van der Waals surface area contributed by atoms with Crippen molar-refractivity contribution in [2.75, 3.05) is 13.1 Å². The van der Waals surface area contributed by atoms with Gasteiger partial charge < -0.3 is 10.0 Å². The maximum absolute atomic E-state index is 12.9. The first kappa shape index (κ1) is 15.5. The molecule has 0 radical (unpaired) electrons. The van der Waals surface area contributed by atoms with Crippen LogP contribution < -0.4 is 0 Å². The number of carbonyl (C=O) groups excluding carboxylic acids is 1. The van der Waals surface area contributed by atoms with E-state index in [-0.39, 0.29) is 12.5 Å². The summed E-state index contributed by atoms with van der Waals surface area (Å²) in [5.74, 6) is -0.821. The lowest BCUT2D eigenvalue weighted by molar-refractivity contribution is -0.154. The van der Waals surface area contributed by atoms with Crippen molar-refractivity contribution < 1.29 is 14.7 Å². The van der Waals surface area contributed by atoms with Gasteiger partial charge >= 0.3 is 5.97 Å². The topological polar surface area (TPSA) is 57.6 Å². The minimum atomic E-state index is -0.833. The normalized spacial score (nSPS) is 22.9. The zero-order valence-corrected chi connectivity index (χ0v) is 12.9. The molecule has 21 heavy (non-hydrogen) atoms. The number of carboxylic acid groups (broad SMARTS) is 1. The van der Waals surface area contributed by atoms with Crippen LogP contribution >= 0.6 is 0 Å². The first-order chi connectivity index (χ1) is 9.77. The monoisotopic (exact) mass is 289 g/mol. The fourth-order valence-corrected chi connectivity index (χ4v) is 2.96. The number of nitrogens with zero attached hydrogens (tertiary/aromatic N) is 1. The molecule has 1 aromatic carbocycles. The molecular weight excluding hydrogens is 266 g/mol. The van der Waals surface area contributed by atoms with Crippen molar-refractivity contribution in [1.29, 1.82) is 0 Å². The molecule has 114 valence electrons. The molecule has 0 saturated carbocycles. The van der Waals surface area contributed by atoms with Crippen molar-refractivity contribution in [2.24, 2.45) is 5.41 Å². The van der Waals surface area contributed by atoms with E-state index in [1.54, 1.807) is 11.8 Å². The summed E-state index contributed by atoms with van der Waals surface area (Å²) in [5.41, 5.74) is -0.517. The molecule has 1 fully saturated rings. The molecule has 0 bridgehead atoms. The third kappa shape index (κ3) is 2.94. The predicted molar refractivity (Wildman–Crippen MR) is 81.0 cm³/mol. The highest BCUT2D eigenvalue weighted by Crippen LogP contribution is 2.33. The van der Waals surface area contributed by atoms with Gasteiger partial charge in [0.15, 0.2) is 0 Å². The highest BCUT2D eigenvalue weighted by Gasteiger charge is 2.42. The molecule has 0 aromatic heterocycles. The third-order valence-electron chi connectivity index (χ3n) is 4.53. The van der Waals surface area contributed by atoms with E-state index >= 15 is 0 Å². The number of rotatable bonds is 3. The first-order valence-electron chi connectivity index (χ1n) is 7.36. The average molecular weight is 289 g/mol. The van der Waals surface area contributed by atoms with Crippen LogP contribution in [0.25, 0.3) is 0 Å². The van der Waals surface area contributed by atoms with Crippen molar-refractivity contribution in [3.05, 3.63) is 35.9 Å². The fraction of sp³-hybridized carbons (Fsp3) is 0.529. The van der Waals surface area contributed by atoms with Gasteiger partial charge in [0.1, 0.15) is 0 Å². The Bertz CT molecular complexity index is 538. The van der Waals surface area contributed by atoms with Crippen molar-refractivity contribution in [2.45, 2.75) is 39.0 Å². The first-order valence-corrected chi connectivity index (χ1v) is 7.36. The van der Waals surface area contributed by atoms with Crippen molar-refractivity contribution in [1.82, 2.24) is 4.90 Å². The van der Waals surface area contributed by atoms with Crippen LogP contribution in [0.3, 0.4) is 0 Å². The average Bonchev–Trinajstić information content (AvgIpc) is 2.47. The van der Waals surface area contributed by atoms with E-state index in [0.717, 1.165) is 12.0 Å².